The molecule has 0 aliphatic carbocycles. The molecule has 1 heterocycles. The minimum Gasteiger partial charge on any atom is -0.492 e. The van der Waals surface area contributed by atoms with Crippen molar-refractivity contribution in [2.45, 2.75) is 6.42 Å². The molecule has 1 aliphatic rings. The van der Waals surface area contributed by atoms with Crippen LogP contribution in [0.25, 0.3) is 0 Å². The van der Waals surface area contributed by atoms with Gasteiger partial charge in [0.15, 0.2) is 0 Å². The summed E-state index contributed by atoms with van der Waals surface area (Å²) in [6.45, 7) is 0.929. The number of ether oxygens (including phenoxy) is 1. The molecule has 1 aliphatic heterocycles. The minimum atomic E-state index is -3.28. The molecule has 1 fully saturated rings. The molecule has 6 nitrogen and oxygen atoms in total. The van der Waals surface area contributed by atoms with Gasteiger partial charge in [0.2, 0.25) is 10.0 Å². The molecular formula is C18H19FN2O4S. The molecule has 0 radical (unpaired) electrons. The normalized spacial score (nSPS) is 15.7. The van der Waals surface area contributed by atoms with E-state index in [2.05, 4.69) is 5.32 Å². The second-order valence-corrected chi connectivity index (χ2v) is 7.86. The molecule has 0 atom stereocenters. The lowest BCUT2D eigenvalue weighted by Crippen LogP contribution is -2.29. The number of amides is 1. The van der Waals surface area contributed by atoms with E-state index in [9.17, 15) is 17.6 Å². The zero-order valence-corrected chi connectivity index (χ0v) is 14.8. The minimum absolute atomic E-state index is 0.129. The molecule has 0 bridgehead atoms. The molecule has 1 amide bonds. The fraction of sp³-hybridized carbons (Fsp3) is 0.278. The van der Waals surface area contributed by atoms with Crippen LogP contribution >= 0.6 is 0 Å². The van der Waals surface area contributed by atoms with Crippen LogP contribution in [-0.4, -0.2) is 39.8 Å². The molecule has 0 saturated carbocycles. The van der Waals surface area contributed by atoms with E-state index < -0.39 is 10.0 Å². The van der Waals surface area contributed by atoms with Crippen molar-refractivity contribution in [3.63, 3.8) is 0 Å². The van der Waals surface area contributed by atoms with Gasteiger partial charge in [-0.05, 0) is 48.9 Å². The summed E-state index contributed by atoms with van der Waals surface area (Å²) >= 11 is 0. The fourth-order valence-corrected chi connectivity index (χ4v) is 4.25. The van der Waals surface area contributed by atoms with E-state index in [1.54, 1.807) is 24.3 Å². The maximum absolute atomic E-state index is 12.8. The second kappa shape index (κ2) is 7.74. The summed E-state index contributed by atoms with van der Waals surface area (Å²) < 4.78 is 43.5. The number of hydrogen-bond donors (Lipinski definition) is 1. The Morgan fingerprint density at radius 1 is 1.19 bits per heavy atom. The molecule has 0 spiro atoms. The first-order chi connectivity index (χ1) is 12.5. The standard InChI is InChI=1S/C18H19FN2O4S/c19-15-5-7-17(8-6-15)25-11-9-20-18(22)14-3-1-4-16(13-14)21-10-2-12-26(21,23)24/h1,3-8,13H,2,9-12H2,(H,20,22). The predicted molar refractivity (Wildman–Crippen MR) is 96.4 cm³/mol. The van der Waals surface area contributed by atoms with Gasteiger partial charge < -0.3 is 10.1 Å². The average Bonchev–Trinajstić information content (AvgIpc) is 2.99. The molecule has 2 aromatic carbocycles. The highest BCUT2D eigenvalue weighted by Gasteiger charge is 2.28. The molecule has 1 saturated heterocycles. The Kier molecular flexibility index (Phi) is 5.41. The summed E-state index contributed by atoms with van der Waals surface area (Å²) in [5, 5.41) is 2.71. The van der Waals surface area contributed by atoms with Crippen molar-refractivity contribution in [1.82, 2.24) is 5.32 Å². The number of carbonyl (C=O) groups excluding carboxylic acids is 1. The lowest BCUT2D eigenvalue weighted by Gasteiger charge is -2.17. The Bertz CT molecular complexity index is 884. The van der Waals surface area contributed by atoms with Crippen molar-refractivity contribution in [2.24, 2.45) is 0 Å². The van der Waals surface area contributed by atoms with Crippen LogP contribution < -0.4 is 14.4 Å². The van der Waals surface area contributed by atoms with Gasteiger partial charge in [0.05, 0.1) is 18.0 Å². The van der Waals surface area contributed by atoms with Crippen LogP contribution in [0.4, 0.5) is 10.1 Å². The maximum Gasteiger partial charge on any atom is 0.251 e. The highest BCUT2D eigenvalue weighted by atomic mass is 32.2. The van der Waals surface area contributed by atoms with Gasteiger partial charge in [-0.15, -0.1) is 0 Å². The first-order valence-corrected chi connectivity index (χ1v) is 9.84. The zero-order chi connectivity index (χ0) is 18.6. The van der Waals surface area contributed by atoms with Gasteiger partial charge in [0, 0.05) is 12.1 Å². The lowest BCUT2D eigenvalue weighted by atomic mass is 10.2. The van der Waals surface area contributed by atoms with Gasteiger partial charge in [0.25, 0.3) is 5.91 Å². The third-order valence-corrected chi connectivity index (χ3v) is 5.84. The molecule has 3 rings (SSSR count). The molecular weight excluding hydrogens is 359 g/mol. The molecule has 0 aromatic heterocycles. The summed E-state index contributed by atoms with van der Waals surface area (Å²) in [7, 11) is -3.28. The number of nitrogens with one attached hydrogen (secondary N) is 1. The van der Waals surface area contributed by atoms with E-state index in [-0.39, 0.29) is 30.6 Å². The monoisotopic (exact) mass is 378 g/mol. The Labute approximate surface area is 151 Å². The van der Waals surface area contributed by atoms with E-state index in [1.165, 1.54) is 28.6 Å². The highest BCUT2D eigenvalue weighted by Crippen LogP contribution is 2.24. The Morgan fingerprint density at radius 2 is 1.96 bits per heavy atom. The summed E-state index contributed by atoms with van der Waals surface area (Å²) in [5.41, 5.74) is 0.879. The smallest absolute Gasteiger partial charge is 0.251 e. The number of carbonyl (C=O) groups is 1. The first-order valence-electron chi connectivity index (χ1n) is 8.23. The number of rotatable bonds is 6. The SMILES string of the molecule is O=C(NCCOc1ccc(F)cc1)c1cccc(N2CCCS2(=O)=O)c1. The van der Waals surface area contributed by atoms with Gasteiger partial charge in [0.1, 0.15) is 18.2 Å². The summed E-state index contributed by atoms with van der Waals surface area (Å²) in [6.07, 6.45) is 0.583. The van der Waals surface area contributed by atoms with Crippen molar-refractivity contribution in [3.05, 3.63) is 59.9 Å². The number of hydrogen-bond acceptors (Lipinski definition) is 4. The summed E-state index contributed by atoms with van der Waals surface area (Å²) in [4.78, 5) is 12.2. The number of anilines is 1. The molecule has 8 heteroatoms. The molecule has 138 valence electrons. The van der Waals surface area contributed by atoms with Gasteiger partial charge in [-0.1, -0.05) is 6.07 Å². The number of benzene rings is 2. The third kappa shape index (κ3) is 4.32. The van der Waals surface area contributed by atoms with Crippen molar-refractivity contribution < 1.29 is 22.3 Å². The third-order valence-electron chi connectivity index (χ3n) is 3.97. The van der Waals surface area contributed by atoms with Crippen LogP contribution in [-0.2, 0) is 10.0 Å². The highest BCUT2D eigenvalue weighted by molar-refractivity contribution is 7.93. The van der Waals surface area contributed by atoms with Crippen LogP contribution in [0, 0.1) is 5.82 Å². The van der Waals surface area contributed by atoms with E-state index in [1.807, 2.05) is 0 Å². The van der Waals surface area contributed by atoms with Crippen LogP contribution in [0.5, 0.6) is 5.75 Å². The lowest BCUT2D eigenvalue weighted by molar-refractivity contribution is 0.0947. The van der Waals surface area contributed by atoms with Crippen LogP contribution in [0.1, 0.15) is 16.8 Å². The predicted octanol–water partition coefficient (Wildman–Crippen LogP) is 2.17. The summed E-state index contributed by atoms with van der Waals surface area (Å²) in [5.74, 6) is -0.0111. The maximum atomic E-state index is 12.8. The van der Waals surface area contributed by atoms with Gasteiger partial charge in [-0.25, -0.2) is 12.8 Å². The molecule has 26 heavy (non-hydrogen) atoms. The van der Waals surface area contributed by atoms with Gasteiger partial charge >= 0.3 is 0 Å². The summed E-state index contributed by atoms with van der Waals surface area (Å²) in [6, 6.07) is 12.2. The van der Waals surface area contributed by atoms with Gasteiger partial charge in [-0.3, -0.25) is 9.10 Å². The number of sulfonamides is 1. The average molecular weight is 378 g/mol. The van der Waals surface area contributed by atoms with E-state index in [0.717, 1.165) is 0 Å². The van der Waals surface area contributed by atoms with Crippen LogP contribution in [0.3, 0.4) is 0 Å². The van der Waals surface area contributed by atoms with Crippen LogP contribution in [0.2, 0.25) is 0 Å². The van der Waals surface area contributed by atoms with E-state index in [0.29, 0.717) is 30.0 Å². The molecule has 0 unspecified atom stereocenters. The van der Waals surface area contributed by atoms with Gasteiger partial charge in [-0.2, -0.15) is 0 Å². The Morgan fingerprint density at radius 3 is 2.65 bits per heavy atom. The van der Waals surface area contributed by atoms with Crippen molar-refractivity contribution in [3.8, 4) is 5.75 Å². The quantitative estimate of drug-likeness (QED) is 0.782. The molecule has 2 aromatic rings. The fourth-order valence-electron chi connectivity index (χ4n) is 2.70. The van der Waals surface area contributed by atoms with Crippen molar-refractivity contribution in [2.75, 3.05) is 29.8 Å². The first kappa shape index (κ1) is 18.2. The topological polar surface area (TPSA) is 75.7 Å². The van der Waals surface area contributed by atoms with E-state index in [4.69, 9.17) is 4.74 Å². The largest absolute Gasteiger partial charge is 0.492 e. The zero-order valence-electron chi connectivity index (χ0n) is 14.0. The second-order valence-electron chi connectivity index (χ2n) is 5.85. The molecule has 1 N–H and O–H groups in total. The van der Waals surface area contributed by atoms with Crippen LogP contribution in [0.15, 0.2) is 48.5 Å². The Balaban J connectivity index is 1.55. The van der Waals surface area contributed by atoms with Crippen molar-refractivity contribution in [1.29, 1.82) is 0 Å². The van der Waals surface area contributed by atoms with Crippen molar-refractivity contribution >= 4 is 21.6 Å². The number of nitrogens with zero attached hydrogens (tertiary/aromatic N) is 1. The Hall–Kier alpha value is -2.61. The number of halogens is 1. The van der Waals surface area contributed by atoms with E-state index >= 15 is 0 Å².